The Kier molecular flexibility index (Phi) is 9.66. The first-order valence-electron chi connectivity index (χ1n) is 11.6. The van der Waals surface area contributed by atoms with Gasteiger partial charge in [0.2, 0.25) is 5.16 Å². The number of alkyl halides is 3. The van der Waals surface area contributed by atoms with Crippen LogP contribution in [0.3, 0.4) is 0 Å². The number of ether oxygens (including phenoxy) is 3. The Morgan fingerprint density at radius 2 is 1.89 bits per heavy atom. The second-order valence-electron chi connectivity index (χ2n) is 8.04. The summed E-state index contributed by atoms with van der Waals surface area (Å²) in [5.74, 6) is 0.0373. The molecular weight excluding hydrogens is 529 g/mol. The van der Waals surface area contributed by atoms with Gasteiger partial charge in [0.1, 0.15) is 12.4 Å². The third-order valence-electron chi connectivity index (χ3n) is 5.33. The maximum atomic E-state index is 13.3. The van der Waals surface area contributed by atoms with Crippen LogP contribution in [0.1, 0.15) is 18.2 Å². The van der Waals surface area contributed by atoms with Crippen LogP contribution in [0.15, 0.2) is 41.7 Å². The summed E-state index contributed by atoms with van der Waals surface area (Å²) in [5.41, 5.74) is 1.72. The number of carbonyl (C=O) groups excluding carboxylic acids is 2. The number of imidazole rings is 1. The number of nitrogens with zero attached hydrogens (tertiary/aromatic N) is 4. The summed E-state index contributed by atoms with van der Waals surface area (Å²) < 4.78 is 66.7. The number of amides is 1. The van der Waals surface area contributed by atoms with Crippen molar-refractivity contribution in [3.63, 3.8) is 0 Å². The van der Waals surface area contributed by atoms with Gasteiger partial charge < -0.3 is 19.1 Å². The highest BCUT2D eigenvalue weighted by Gasteiger charge is 2.29. The van der Waals surface area contributed by atoms with Crippen LogP contribution in [0.25, 0.3) is 11.0 Å². The van der Waals surface area contributed by atoms with Crippen molar-refractivity contribution in [2.24, 2.45) is 0 Å². The molecule has 0 saturated heterocycles. The van der Waals surface area contributed by atoms with Crippen LogP contribution in [0.2, 0.25) is 0 Å². The van der Waals surface area contributed by atoms with Gasteiger partial charge >= 0.3 is 18.4 Å². The predicted molar refractivity (Wildman–Crippen MR) is 132 cm³/mol. The highest BCUT2D eigenvalue weighted by Crippen LogP contribution is 2.24. The lowest BCUT2D eigenvalue weighted by Gasteiger charge is -2.19. The second-order valence-corrected chi connectivity index (χ2v) is 9.50. The van der Waals surface area contributed by atoms with E-state index in [1.54, 1.807) is 38.1 Å². The molecule has 1 atom stereocenters. The van der Waals surface area contributed by atoms with Crippen molar-refractivity contribution in [2.75, 3.05) is 39.2 Å². The highest BCUT2D eigenvalue weighted by molar-refractivity contribution is 7.84. The number of para-hydroxylation sites is 2. The molecule has 0 aliphatic carbocycles. The number of halogens is 3. The topological polar surface area (TPSA) is 113 Å². The monoisotopic (exact) mass is 556 g/mol. The van der Waals surface area contributed by atoms with Crippen LogP contribution in [-0.2, 0) is 26.7 Å². The largest absolute Gasteiger partial charge is 0.508 e. The molecule has 1 amide bonds. The van der Waals surface area contributed by atoms with E-state index >= 15 is 0 Å². The van der Waals surface area contributed by atoms with Crippen LogP contribution in [0.5, 0.6) is 5.75 Å². The highest BCUT2D eigenvalue weighted by atomic mass is 32.2. The van der Waals surface area contributed by atoms with E-state index in [1.165, 1.54) is 28.8 Å². The van der Waals surface area contributed by atoms with Crippen LogP contribution in [0, 0.1) is 6.92 Å². The SMILES string of the molecule is CCOC(=O)OCCN(C)C(=O)n1c([S@](=O)CCc2nccc(OCC(F)(F)F)c2C)nc2ccccc21. The Bertz CT molecular complexity index is 1310. The van der Waals surface area contributed by atoms with Gasteiger partial charge in [-0.15, -0.1) is 0 Å². The molecule has 0 bridgehead atoms. The molecule has 0 aliphatic rings. The van der Waals surface area contributed by atoms with Crippen molar-refractivity contribution in [3.8, 4) is 5.75 Å². The number of rotatable bonds is 10. The van der Waals surface area contributed by atoms with Gasteiger partial charge in [-0.2, -0.15) is 13.2 Å². The molecule has 2 aromatic heterocycles. The molecule has 0 aliphatic heterocycles. The quantitative estimate of drug-likeness (QED) is 0.343. The fourth-order valence-electron chi connectivity index (χ4n) is 3.44. The molecule has 3 rings (SSSR count). The third kappa shape index (κ3) is 7.43. The van der Waals surface area contributed by atoms with E-state index in [4.69, 9.17) is 9.47 Å². The molecule has 1 aromatic carbocycles. The summed E-state index contributed by atoms with van der Waals surface area (Å²) in [4.78, 5) is 34.6. The van der Waals surface area contributed by atoms with Gasteiger partial charge in [-0.25, -0.2) is 19.1 Å². The number of hydrogen-bond donors (Lipinski definition) is 0. The molecule has 38 heavy (non-hydrogen) atoms. The van der Waals surface area contributed by atoms with Crippen LogP contribution in [-0.4, -0.2) is 81.2 Å². The standard InChI is InChI=1S/C24H27F3N4O6S/c1-4-35-23(33)36-13-12-30(3)22(32)31-19-8-6-5-7-18(19)29-21(31)38(34)14-10-17-16(2)20(9-11-28-17)37-15-24(25,26)27/h5-9,11H,4,10,12-15H2,1-3H3/t38-/m1/s1. The van der Waals surface area contributed by atoms with Crippen molar-refractivity contribution in [3.05, 3.63) is 47.8 Å². The third-order valence-corrected chi connectivity index (χ3v) is 6.59. The maximum Gasteiger partial charge on any atom is 0.508 e. The lowest BCUT2D eigenvalue weighted by atomic mass is 10.1. The predicted octanol–water partition coefficient (Wildman–Crippen LogP) is 4.10. The average Bonchev–Trinajstić information content (AvgIpc) is 3.26. The number of fused-ring (bicyclic) bond motifs is 1. The molecule has 14 heteroatoms. The number of benzene rings is 1. The van der Waals surface area contributed by atoms with E-state index < -0.39 is 35.8 Å². The van der Waals surface area contributed by atoms with Gasteiger partial charge in [-0.3, -0.25) is 9.19 Å². The van der Waals surface area contributed by atoms with E-state index in [1.807, 2.05) is 0 Å². The first kappa shape index (κ1) is 28.9. The number of likely N-dealkylation sites (N-methyl/N-ethyl adjacent to an activating group) is 1. The Balaban J connectivity index is 1.77. The average molecular weight is 557 g/mol. The van der Waals surface area contributed by atoms with Crippen LogP contribution < -0.4 is 4.74 Å². The molecule has 206 valence electrons. The zero-order valence-corrected chi connectivity index (χ0v) is 21.8. The van der Waals surface area contributed by atoms with Crippen LogP contribution in [0.4, 0.5) is 22.8 Å². The minimum atomic E-state index is -4.49. The van der Waals surface area contributed by atoms with Crippen molar-refractivity contribution in [2.45, 2.75) is 31.6 Å². The van der Waals surface area contributed by atoms with Gasteiger partial charge in [0.15, 0.2) is 6.61 Å². The smallest absolute Gasteiger partial charge is 0.484 e. The number of hydrogen-bond acceptors (Lipinski definition) is 8. The van der Waals surface area contributed by atoms with Crippen molar-refractivity contribution in [1.82, 2.24) is 19.4 Å². The molecule has 2 heterocycles. The summed E-state index contributed by atoms with van der Waals surface area (Å²) in [6.07, 6.45) is -3.87. The first-order chi connectivity index (χ1) is 18.0. The minimum Gasteiger partial charge on any atom is -0.484 e. The molecule has 0 spiro atoms. The van der Waals surface area contributed by atoms with E-state index in [0.717, 1.165) is 0 Å². The molecular formula is C24H27F3N4O6S. The molecule has 0 saturated carbocycles. The molecule has 0 N–H and O–H groups in total. The first-order valence-corrected chi connectivity index (χ1v) is 12.9. The maximum absolute atomic E-state index is 13.3. The molecule has 0 unspecified atom stereocenters. The molecule has 0 radical (unpaired) electrons. The van der Waals surface area contributed by atoms with Crippen molar-refractivity contribution < 1.29 is 41.2 Å². The zero-order valence-electron chi connectivity index (χ0n) is 21.0. The lowest BCUT2D eigenvalue weighted by Crippen LogP contribution is -2.35. The van der Waals surface area contributed by atoms with E-state index in [-0.39, 0.29) is 42.8 Å². The van der Waals surface area contributed by atoms with Crippen molar-refractivity contribution in [1.29, 1.82) is 0 Å². The van der Waals surface area contributed by atoms with Crippen LogP contribution >= 0.6 is 0 Å². The Morgan fingerprint density at radius 3 is 2.61 bits per heavy atom. The van der Waals surface area contributed by atoms with Gasteiger partial charge in [-0.1, -0.05) is 12.1 Å². The van der Waals surface area contributed by atoms with Gasteiger partial charge in [0, 0.05) is 36.7 Å². The summed E-state index contributed by atoms with van der Waals surface area (Å²) in [5, 5.41) is 0.0106. The molecule has 3 aromatic rings. The molecule has 0 fully saturated rings. The normalized spacial score (nSPS) is 12.3. The fourth-order valence-corrected chi connectivity index (χ4v) is 4.58. The Hall–Kier alpha value is -3.68. The van der Waals surface area contributed by atoms with Crippen molar-refractivity contribution >= 4 is 34.0 Å². The van der Waals surface area contributed by atoms with Gasteiger partial charge in [0.25, 0.3) is 0 Å². The lowest BCUT2D eigenvalue weighted by molar-refractivity contribution is -0.153. The summed E-state index contributed by atoms with van der Waals surface area (Å²) in [6, 6.07) is 7.58. The molecule has 10 nitrogen and oxygen atoms in total. The zero-order chi connectivity index (χ0) is 27.9. The summed E-state index contributed by atoms with van der Waals surface area (Å²) >= 11 is 0. The minimum absolute atomic E-state index is 0.00283. The van der Waals surface area contributed by atoms with E-state index in [9.17, 15) is 27.0 Å². The number of carbonyl (C=O) groups is 2. The number of pyridine rings is 1. The fraction of sp³-hybridized carbons (Fsp3) is 0.417. The second kappa shape index (κ2) is 12.7. The summed E-state index contributed by atoms with van der Waals surface area (Å²) in [7, 11) is -0.277. The number of aromatic nitrogens is 3. The van der Waals surface area contributed by atoms with Gasteiger partial charge in [-0.05, 0) is 32.0 Å². The number of aryl methyl sites for hydroxylation is 1. The summed E-state index contributed by atoms with van der Waals surface area (Å²) in [6.45, 7) is 1.87. The Labute approximate surface area is 219 Å². The van der Waals surface area contributed by atoms with Gasteiger partial charge in [0.05, 0.1) is 35.0 Å². The van der Waals surface area contributed by atoms with E-state index in [0.29, 0.717) is 22.3 Å². The van der Waals surface area contributed by atoms with E-state index in [2.05, 4.69) is 14.7 Å². The Morgan fingerprint density at radius 1 is 1.16 bits per heavy atom.